The van der Waals surface area contributed by atoms with Crippen LogP contribution in [0.3, 0.4) is 0 Å². The van der Waals surface area contributed by atoms with Crippen LogP contribution in [0.5, 0.6) is 5.75 Å². The first-order valence-corrected chi connectivity index (χ1v) is 20.1. The van der Waals surface area contributed by atoms with Crippen molar-refractivity contribution in [2.75, 3.05) is 38.6 Å². The van der Waals surface area contributed by atoms with Gasteiger partial charge in [0.15, 0.2) is 6.10 Å². The quantitative estimate of drug-likeness (QED) is 0.0624. The molecule has 2 aliphatic carbocycles. The van der Waals surface area contributed by atoms with Crippen molar-refractivity contribution < 1.29 is 44.6 Å². The molecular formula is C40H52ClN3O9S. The number of aliphatic hydroxyl groups is 5. The zero-order chi connectivity index (χ0) is 38.7. The summed E-state index contributed by atoms with van der Waals surface area (Å²) in [4.78, 5) is 31.8. The Morgan fingerprint density at radius 1 is 1.04 bits per heavy atom. The van der Waals surface area contributed by atoms with Gasteiger partial charge in [-0.1, -0.05) is 29.8 Å². The molecular weight excluding hydrogens is 734 g/mol. The summed E-state index contributed by atoms with van der Waals surface area (Å²) in [5, 5.41) is 52.8. The van der Waals surface area contributed by atoms with Crippen LogP contribution in [0.25, 0.3) is 11.1 Å². The second kappa shape index (κ2) is 19.9. The topological polar surface area (TPSA) is 182 Å². The van der Waals surface area contributed by atoms with Gasteiger partial charge in [0, 0.05) is 47.5 Å². The number of rotatable bonds is 22. The average molecular weight is 786 g/mol. The molecule has 2 fully saturated rings. The molecule has 0 aliphatic heterocycles. The number of para-hydroxylation sites is 1. The fourth-order valence-corrected chi connectivity index (χ4v) is 7.66. The Kier molecular flexibility index (Phi) is 15.4. The number of hydrogen-bond acceptors (Lipinski definition) is 11. The Morgan fingerprint density at radius 2 is 1.81 bits per heavy atom. The molecule has 0 bridgehead atoms. The van der Waals surface area contributed by atoms with Gasteiger partial charge >= 0.3 is 6.09 Å². The van der Waals surface area contributed by atoms with E-state index in [1.165, 1.54) is 16.0 Å². The van der Waals surface area contributed by atoms with Gasteiger partial charge in [-0.2, -0.15) is 0 Å². The number of unbranched alkanes of at least 4 members (excludes halogenated alkanes) is 1. The number of aryl methyl sites for hydroxylation is 1. The molecule has 4 atom stereocenters. The Labute approximate surface area is 325 Å². The molecule has 1 heterocycles. The number of aliphatic hydroxyl groups excluding tert-OH is 5. The number of pyridine rings is 1. The number of amides is 2. The Balaban J connectivity index is 1.16. The fraction of sp³-hybridized carbons (Fsp3) is 0.525. The highest BCUT2D eigenvalue weighted by molar-refractivity contribution is 7.99. The number of nitrogens with zero attached hydrogens (tertiary/aromatic N) is 2. The lowest BCUT2D eigenvalue weighted by Crippen LogP contribution is -2.53. The number of nitrogens with one attached hydrogen (secondary N) is 1. The lowest BCUT2D eigenvalue weighted by atomic mass is 9.85. The Hall–Kier alpha value is -3.43. The summed E-state index contributed by atoms with van der Waals surface area (Å²) in [6.45, 7) is 1.22. The molecule has 6 N–H and O–H groups in total. The molecule has 2 aliphatic rings. The number of halogens is 1. The van der Waals surface area contributed by atoms with Gasteiger partial charge in [0.25, 0.3) is 5.91 Å². The van der Waals surface area contributed by atoms with E-state index < -0.39 is 43.0 Å². The number of alkyl carbamates (subject to hydrolysis) is 1. The van der Waals surface area contributed by atoms with Crippen molar-refractivity contribution in [3.63, 3.8) is 0 Å². The van der Waals surface area contributed by atoms with Gasteiger partial charge in [0.2, 0.25) is 0 Å². The maximum absolute atomic E-state index is 13.1. The van der Waals surface area contributed by atoms with E-state index in [0.29, 0.717) is 18.9 Å². The zero-order valence-electron chi connectivity index (χ0n) is 30.6. The summed E-state index contributed by atoms with van der Waals surface area (Å²) in [5.74, 6) is 0.782. The highest BCUT2D eigenvalue weighted by Crippen LogP contribution is 2.55. The molecule has 0 saturated heterocycles. The summed E-state index contributed by atoms with van der Waals surface area (Å²) in [7, 11) is 0. The number of ether oxygens (including phenoxy) is 2. The third-order valence-electron chi connectivity index (χ3n) is 9.97. The highest BCUT2D eigenvalue weighted by Gasteiger charge is 2.45. The van der Waals surface area contributed by atoms with Crippen molar-refractivity contribution in [1.82, 2.24) is 15.2 Å². The van der Waals surface area contributed by atoms with Gasteiger partial charge in [-0.3, -0.25) is 9.78 Å². The van der Waals surface area contributed by atoms with Gasteiger partial charge in [0.1, 0.15) is 24.1 Å². The van der Waals surface area contributed by atoms with Crippen LogP contribution in [-0.2, 0) is 21.4 Å². The van der Waals surface area contributed by atoms with Crippen molar-refractivity contribution in [3.05, 3.63) is 77.1 Å². The molecule has 14 heteroatoms. The normalized spacial score (nSPS) is 16.9. The van der Waals surface area contributed by atoms with Crippen LogP contribution in [0.15, 0.2) is 65.8 Å². The van der Waals surface area contributed by atoms with E-state index in [1.54, 1.807) is 18.7 Å². The molecule has 2 amide bonds. The van der Waals surface area contributed by atoms with E-state index in [4.69, 9.17) is 26.2 Å². The molecule has 54 heavy (non-hydrogen) atoms. The lowest BCUT2D eigenvalue weighted by molar-refractivity contribution is -0.158. The first-order valence-electron chi connectivity index (χ1n) is 18.7. The monoisotopic (exact) mass is 785 g/mol. The maximum atomic E-state index is 13.1. The molecule has 3 aromatic rings. The van der Waals surface area contributed by atoms with Crippen molar-refractivity contribution in [3.8, 4) is 16.9 Å². The minimum absolute atomic E-state index is 0.0105. The van der Waals surface area contributed by atoms with Crippen LogP contribution in [0.4, 0.5) is 4.79 Å². The summed E-state index contributed by atoms with van der Waals surface area (Å²) >= 11 is 8.40. The van der Waals surface area contributed by atoms with Gasteiger partial charge < -0.3 is 45.2 Å². The van der Waals surface area contributed by atoms with Crippen molar-refractivity contribution in [2.24, 2.45) is 0 Å². The summed E-state index contributed by atoms with van der Waals surface area (Å²) in [6, 6.07) is 16.4. The SMILES string of the molecule is CCOC(=O)NCCN(CCCCSc1ccc(Cl)c(CCC2(c3cnccc3-c3ccccc3OC3CC3)CC2)c1)C(=O)[C@@H](O)[C@@H](O)[C@H](O)[C@@H](O)CO. The van der Waals surface area contributed by atoms with Gasteiger partial charge in [0.05, 0.1) is 19.3 Å². The first-order chi connectivity index (χ1) is 26.1. The van der Waals surface area contributed by atoms with Gasteiger partial charge in [-0.25, -0.2) is 4.79 Å². The van der Waals surface area contributed by atoms with Crippen LogP contribution in [0.2, 0.25) is 5.02 Å². The van der Waals surface area contributed by atoms with Crippen LogP contribution in [-0.4, -0.2) is 117 Å². The first kappa shape index (κ1) is 41.7. The Bertz CT molecular complexity index is 1690. The molecule has 12 nitrogen and oxygen atoms in total. The lowest BCUT2D eigenvalue weighted by Gasteiger charge is -2.30. The molecule has 5 rings (SSSR count). The van der Waals surface area contributed by atoms with E-state index in [2.05, 4.69) is 40.6 Å². The van der Waals surface area contributed by atoms with Gasteiger partial charge in [-0.15, -0.1) is 11.8 Å². The number of hydrogen-bond donors (Lipinski definition) is 6. The zero-order valence-corrected chi connectivity index (χ0v) is 32.2. The molecule has 2 aromatic carbocycles. The number of carbonyl (C=O) groups excluding carboxylic acids is 2. The highest BCUT2D eigenvalue weighted by atomic mass is 35.5. The predicted molar refractivity (Wildman–Crippen MR) is 207 cm³/mol. The van der Waals surface area contributed by atoms with E-state index in [-0.39, 0.29) is 31.7 Å². The minimum atomic E-state index is -2.05. The van der Waals surface area contributed by atoms with Crippen molar-refractivity contribution in [2.45, 2.75) is 99.1 Å². The van der Waals surface area contributed by atoms with Crippen LogP contribution < -0.4 is 10.1 Å². The van der Waals surface area contributed by atoms with Crippen LogP contribution in [0, 0.1) is 0 Å². The standard InChI is InChI=1S/C40H52ClN3O9S/c1-2-52-39(51)43-19-21-44(38(50)37(49)36(48)35(47)33(46)25-45)20-5-6-22-54-28-11-12-32(41)26(23-28)13-15-40(16-17-40)31-24-42-18-14-29(31)30-7-3-4-8-34(30)53-27-9-10-27/h3-4,7-8,11-12,14,18,23-24,27,33,35-37,45-49H,2,5-6,9-10,13,15-17,19-22,25H2,1H3,(H,43,51)/t33-,35+,36-,37-/m0/s1. The van der Waals surface area contributed by atoms with Gasteiger partial charge in [-0.05, 0) is 116 Å². The third-order valence-corrected chi connectivity index (χ3v) is 11.4. The van der Waals surface area contributed by atoms with E-state index >= 15 is 0 Å². The molecule has 0 spiro atoms. The minimum Gasteiger partial charge on any atom is -0.490 e. The number of carbonyl (C=O) groups is 2. The molecule has 2 saturated carbocycles. The third kappa shape index (κ3) is 11.3. The molecule has 0 radical (unpaired) electrons. The second-order valence-corrected chi connectivity index (χ2v) is 15.5. The second-order valence-electron chi connectivity index (χ2n) is 14.0. The molecule has 294 valence electrons. The Morgan fingerprint density at radius 3 is 2.54 bits per heavy atom. The van der Waals surface area contributed by atoms with Crippen molar-refractivity contribution in [1.29, 1.82) is 0 Å². The predicted octanol–water partition coefficient (Wildman–Crippen LogP) is 4.49. The fourth-order valence-electron chi connectivity index (χ4n) is 6.48. The number of benzene rings is 2. The average Bonchev–Trinajstić information content (AvgIpc) is 4.14. The van der Waals surface area contributed by atoms with Crippen LogP contribution in [0.1, 0.15) is 63.0 Å². The maximum Gasteiger partial charge on any atom is 0.407 e. The van der Waals surface area contributed by atoms with E-state index in [9.17, 15) is 30.0 Å². The summed E-state index contributed by atoms with van der Waals surface area (Å²) in [6.07, 6.45) is 3.14. The smallest absolute Gasteiger partial charge is 0.407 e. The molecule has 1 aromatic heterocycles. The summed E-state index contributed by atoms with van der Waals surface area (Å²) < 4.78 is 11.1. The number of thioether (sulfide) groups is 1. The van der Waals surface area contributed by atoms with E-state index in [0.717, 1.165) is 71.1 Å². The largest absolute Gasteiger partial charge is 0.490 e. The van der Waals surface area contributed by atoms with E-state index in [1.807, 2.05) is 30.6 Å². The summed E-state index contributed by atoms with van der Waals surface area (Å²) in [5.41, 5.74) is 4.65. The van der Waals surface area contributed by atoms with Crippen LogP contribution >= 0.6 is 23.4 Å². The van der Waals surface area contributed by atoms with Crippen molar-refractivity contribution >= 4 is 35.4 Å². The molecule has 0 unspecified atom stereocenters. The number of aromatic nitrogens is 1.